The van der Waals surface area contributed by atoms with E-state index in [0.29, 0.717) is 0 Å². The van der Waals surface area contributed by atoms with E-state index in [1.807, 2.05) is 0 Å². The van der Waals surface area contributed by atoms with E-state index < -0.39 is 0 Å². The minimum atomic E-state index is -0.369. The van der Waals surface area contributed by atoms with Crippen LogP contribution in [0.15, 0.2) is 24.3 Å². The lowest BCUT2D eigenvalue weighted by Crippen LogP contribution is -2.01. The van der Waals surface area contributed by atoms with Crippen molar-refractivity contribution in [2.75, 3.05) is 11.9 Å². The first-order valence-corrected chi connectivity index (χ1v) is 8.72. The van der Waals surface area contributed by atoms with Crippen molar-refractivity contribution in [1.82, 2.24) is 0 Å². The van der Waals surface area contributed by atoms with Crippen molar-refractivity contribution in [3.63, 3.8) is 0 Å². The predicted molar refractivity (Wildman–Crippen MR) is 93.4 cm³/mol. The fraction of sp³-hybridized carbons (Fsp3) is 0.667. The predicted octanol–water partition coefficient (Wildman–Crippen LogP) is 5.93. The van der Waals surface area contributed by atoms with Crippen molar-refractivity contribution < 1.29 is 4.92 Å². The highest BCUT2D eigenvalue weighted by Gasteiger charge is 2.03. The monoisotopic (exact) mass is 306 g/mol. The van der Waals surface area contributed by atoms with Gasteiger partial charge in [-0.15, -0.1) is 0 Å². The van der Waals surface area contributed by atoms with Gasteiger partial charge in [0.1, 0.15) is 0 Å². The number of nitrogens with zero attached hydrogens (tertiary/aromatic N) is 1. The number of unbranched alkanes of at least 4 members (excludes halogenated alkanes) is 9. The summed E-state index contributed by atoms with van der Waals surface area (Å²) in [5.74, 6) is 0. The summed E-state index contributed by atoms with van der Waals surface area (Å²) < 4.78 is 0. The molecule has 22 heavy (non-hydrogen) atoms. The standard InChI is InChI=1S/C18H30N2O2/c1-2-3-4-5-6-7-8-9-10-11-16-19-17-12-14-18(15-13-17)20(21)22/h12-15,19H,2-11,16H2,1H3. The zero-order valence-electron chi connectivity index (χ0n) is 13.9. The Bertz CT molecular complexity index is 404. The number of anilines is 1. The first-order valence-electron chi connectivity index (χ1n) is 8.72. The van der Waals surface area contributed by atoms with Crippen molar-refractivity contribution in [1.29, 1.82) is 0 Å². The number of hydrogen-bond donors (Lipinski definition) is 1. The molecular weight excluding hydrogens is 276 g/mol. The summed E-state index contributed by atoms with van der Waals surface area (Å²) in [5.41, 5.74) is 1.10. The quantitative estimate of drug-likeness (QED) is 0.279. The summed E-state index contributed by atoms with van der Waals surface area (Å²) in [6.07, 6.45) is 13.4. The number of nitrogens with one attached hydrogen (secondary N) is 1. The van der Waals surface area contributed by atoms with Crippen molar-refractivity contribution in [2.45, 2.75) is 71.1 Å². The molecule has 1 N–H and O–H groups in total. The summed E-state index contributed by atoms with van der Waals surface area (Å²) in [6, 6.07) is 6.63. The highest BCUT2D eigenvalue weighted by molar-refractivity contribution is 5.48. The Morgan fingerprint density at radius 1 is 0.864 bits per heavy atom. The molecule has 0 aliphatic carbocycles. The SMILES string of the molecule is CCCCCCCCCCCCNc1ccc([N+](=O)[O-])cc1. The van der Waals surface area contributed by atoms with Crippen molar-refractivity contribution in [3.05, 3.63) is 34.4 Å². The second kappa shape index (κ2) is 12.0. The molecule has 0 spiro atoms. The summed E-state index contributed by atoms with van der Waals surface area (Å²) >= 11 is 0. The first-order chi connectivity index (χ1) is 10.7. The molecule has 0 atom stereocenters. The van der Waals surface area contributed by atoms with E-state index in [2.05, 4.69) is 12.2 Å². The molecule has 0 bridgehead atoms. The Kier molecular flexibility index (Phi) is 10.1. The van der Waals surface area contributed by atoms with E-state index >= 15 is 0 Å². The van der Waals surface area contributed by atoms with Crippen LogP contribution in [0.5, 0.6) is 0 Å². The number of non-ortho nitro benzene ring substituents is 1. The molecule has 1 aromatic rings. The minimum Gasteiger partial charge on any atom is -0.385 e. The van der Waals surface area contributed by atoms with Gasteiger partial charge < -0.3 is 5.32 Å². The second-order valence-electron chi connectivity index (χ2n) is 5.91. The smallest absolute Gasteiger partial charge is 0.269 e. The number of hydrogen-bond acceptors (Lipinski definition) is 3. The lowest BCUT2D eigenvalue weighted by Gasteiger charge is -2.06. The normalized spacial score (nSPS) is 10.6. The van der Waals surface area contributed by atoms with E-state index in [9.17, 15) is 10.1 Å². The van der Waals surface area contributed by atoms with E-state index in [1.54, 1.807) is 24.3 Å². The van der Waals surface area contributed by atoms with Crippen LogP contribution in [0.25, 0.3) is 0 Å². The van der Waals surface area contributed by atoms with Gasteiger partial charge in [-0.2, -0.15) is 0 Å². The maximum atomic E-state index is 10.6. The molecule has 0 saturated heterocycles. The third-order valence-corrected chi connectivity index (χ3v) is 3.94. The lowest BCUT2D eigenvalue weighted by atomic mass is 10.1. The molecule has 0 aromatic heterocycles. The van der Waals surface area contributed by atoms with Crippen LogP contribution in [0.3, 0.4) is 0 Å². The van der Waals surface area contributed by atoms with Crippen LogP contribution in [-0.2, 0) is 0 Å². The Morgan fingerprint density at radius 2 is 1.36 bits per heavy atom. The van der Waals surface area contributed by atoms with E-state index in [-0.39, 0.29) is 10.6 Å². The second-order valence-corrected chi connectivity index (χ2v) is 5.91. The molecule has 1 aromatic carbocycles. The zero-order valence-corrected chi connectivity index (χ0v) is 13.9. The molecule has 4 nitrogen and oxygen atoms in total. The van der Waals surface area contributed by atoms with E-state index in [4.69, 9.17) is 0 Å². The Hall–Kier alpha value is -1.58. The Morgan fingerprint density at radius 3 is 1.86 bits per heavy atom. The third-order valence-electron chi connectivity index (χ3n) is 3.94. The van der Waals surface area contributed by atoms with Gasteiger partial charge in [-0.05, 0) is 18.6 Å². The summed E-state index contributed by atoms with van der Waals surface area (Å²) in [4.78, 5) is 10.2. The fourth-order valence-electron chi connectivity index (χ4n) is 2.55. The molecule has 1 rings (SSSR count). The number of nitro benzene ring substituents is 1. The van der Waals surface area contributed by atoms with Crippen LogP contribution < -0.4 is 5.32 Å². The van der Waals surface area contributed by atoms with Gasteiger partial charge in [0.25, 0.3) is 5.69 Å². The van der Waals surface area contributed by atoms with Crippen molar-refractivity contribution >= 4 is 11.4 Å². The van der Waals surface area contributed by atoms with Gasteiger partial charge in [0, 0.05) is 24.4 Å². The number of rotatable bonds is 13. The molecule has 4 heteroatoms. The topological polar surface area (TPSA) is 55.2 Å². The minimum absolute atomic E-state index is 0.143. The van der Waals surface area contributed by atoms with Crippen molar-refractivity contribution in [2.24, 2.45) is 0 Å². The van der Waals surface area contributed by atoms with Crippen LogP contribution in [0.2, 0.25) is 0 Å². The maximum Gasteiger partial charge on any atom is 0.269 e. The van der Waals surface area contributed by atoms with E-state index in [1.165, 1.54) is 57.8 Å². The Balaban J connectivity index is 1.94. The molecule has 0 fully saturated rings. The number of benzene rings is 1. The molecule has 0 aliphatic heterocycles. The highest BCUT2D eigenvalue weighted by Crippen LogP contribution is 2.15. The molecule has 0 unspecified atom stereocenters. The molecule has 0 heterocycles. The molecule has 0 amide bonds. The highest BCUT2D eigenvalue weighted by atomic mass is 16.6. The molecule has 0 radical (unpaired) electrons. The van der Waals surface area contributed by atoms with Gasteiger partial charge in [0.05, 0.1) is 4.92 Å². The van der Waals surface area contributed by atoms with Gasteiger partial charge in [-0.1, -0.05) is 64.7 Å². The van der Waals surface area contributed by atoms with Crippen LogP contribution >= 0.6 is 0 Å². The van der Waals surface area contributed by atoms with Crippen LogP contribution in [0.4, 0.5) is 11.4 Å². The zero-order chi connectivity index (χ0) is 16.0. The lowest BCUT2D eigenvalue weighted by molar-refractivity contribution is -0.384. The third kappa shape index (κ3) is 8.65. The average molecular weight is 306 g/mol. The summed E-state index contributed by atoms with van der Waals surface area (Å²) in [7, 11) is 0. The van der Waals surface area contributed by atoms with Crippen LogP contribution in [0.1, 0.15) is 71.1 Å². The molecule has 124 valence electrons. The van der Waals surface area contributed by atoms with E-state index in [0.717, 1.165) is 18.7 Å². The Labute approximate surface area is 134 Å². The van der Waals surface area contributed by atoms with Gasteiger partial charge >= 0.3 is 0 Å². The van der Waals surface area contributed by atoms with Gasteiger partial charge in [0.15, 0.2) is 0 Å². The van der Waals surface area contributed by atoms with Gasteiger partial charge in [-0.3, -0.25) is 10.1 Å². The number of nitro groups is 1. The van der Waals surface area contributed by atoms with Crippen molar-refractivity contribution in [3.8, 4) is 0 Å². The molecule has 0 aliphatic rings. The summed E-state index contributed by atoms with van der Waals surface area (Å²) in [5, 5.41) is 13.9. The average Bonchev–Trinajstić information content (AvgIpc) is 2.53. The largest absolute Gasteiger partial charge is 0.385 e. The first kappa shape index (κ1) is 18.5. The maximum absolute atomic E-state index is 10.6. The van der Waals surface area contributed by atoms with Crippen LogP contribution in [0, 0.1) is 10.1 Å². The summed E-state index contributed by atoms with van der Waals surface area (Å²) in [6.45, 7) is 3.19. The van der Waals surface area contributed by atoms with Gasteiger partial charge in [-0.25, -0.2) is 0 Å². The molecule has 0 saturated carbocycles. The molecular formula is C18H30N2O2. The van der Waals surface area contributed by atoms with Crippen LogP contribution in [-0.4, -0.2) is 11.5 Å². The fourth-order valence-corrected chi connectivity index (χ4v) is 2.55. The van der Waals surface area contributed by atoms with Gasteiger partial charge in [0.2, 0.25) is 0 Å².